The highest BCUT2D eigenvalue weighted by molar-refractivity contribution is 6.32. The second-order valence-corrected chi connectivity index (χ2v) is 7.88. The smallest absolute Gasteiger partial charge is 0.278 e. The van der Waals surface area contributed by atoms with Crippen LogP contribution in [0, 0.1) is 6.92 Å². The zero-order chi connectivity index (χ0) is 24.1. The summed E-state index contributed by atoms with van der Waals surface area (Å²) in [5, 5.41) is 14.5. The number of nitrogens with zero attached hydrogens (tertiary/aromatic N) is 4. The molecule has 0 saturated carbocycles. The molecule has 0 bridgehead atoms. The third-order valence-corrected chi connectivity index (χ3v) is 5.21. The van der Waals surface area contributed by atoms with E-state index in [-0.39, 0.29) is 23.8 Å². The van der Waals surface area contributed by atoms with Gasteiger partial charge in [0.2, 0.25) is 0 Å². The maximum atomic E-state index is 12.8. The highest BCUT2D eigenvalue weighted by Crippen LogP contribution is 2.25. The van der Waals surface area contributed by atoms with Crippen LogP contribution in [-0.2, 0) is 13.3 Å². The summed E-state index contributed by atoms with van der Waals surface area (Å²) in [4.78, 5) is 25.6. The van der Waals surface area contributed by atoms with Crippen LogP contribution in [-0.4, -0.2) is 31.4 Å². The van der Waals surface area contributed by atoms with Crippen LogP contribution < -0.4 is 15.4 Å². The Bertz CT molecular complexity index is 1320. The topological polar surface area (TPSA) is 103 Å². The molecule has 0 aliphatic carbocycles. The highest BCUT2D eigenvalue weighted by atomic mass is 35.5. The molecule has 174 valence electrons. The van der Waals surface area contributed by atoms with Crippen molar-refractivity contribution in [3.63, 3.8) is 0 Å². The van der Waals surface area contributed by atoms with E-state index >= 15 is 0 Å². The first-order valence-corrected chi connectivity index (χ1v) is 11.0. The minimum atomic E-state index is -0.475. The van der Waals surface area contributed by atoms with Gasteiger partial charge in [0.15, 0.2) is 18.1 Å². The summed E-state index contributed by atoms with van der Waals surface area (Å²) in [5.41, 5.74) is 2.20. The van der Waals surface area contributed by atoms with Crippen LogP contribution in [0.1, 0.15) is 33.5 Å². The van der Waals surface area contributed by atoms with Crippen molar-refractivity contribution < 1.29 is 14.3 Å². The summed E-state index contributed by atoms with van der Waals surface area (Å²) in [6.45, 7) is 4.44. The summed E-state index contributed by atoms with van der Waals surface area (Å²) in [6, 6.07) is 16.1. The fourth-order valence-corrected chi connectivity index (χ4v) is 3.32. The van der Waals surface area contributed by atoms with E-state index in [1.165, 1.54) is 4.68 Å². The second kappa shape index (κ2) is 10.2. The number of rotatable bonds is 8. The second-order valence-electron chi connectivity index (χ2n) is 7.47. The number of carbonyl (C=O) groups excluding carboxylic acids is 2. The zero-order valence-electron chi connectivity index (χ0n) is 18.7. The van der Waals surface area contributed by atoms with Crippen LogP contribution >= 0.6 is 11.6 Å². The van der Waals surface area contributed by atoms with Gasteiger partial charge in [0.25, 0.3) is 11.8 Å². The fourth-order valence-electron chi connectivity index (χ4n) is 3.15. The molecule has 2 aromatic carbocycles. The van der Waals surface area contributed by atoms with E-state index in [2.05, 4.69) is 20.8 Å². The Labute approximate surface area is 201 Å². The van der Waals surface area contributed by atoms with Crippen LogP contribution in [0.5, 0.6) is 5.75 Å². The van der Waals surface area contributed by atoms with E-state index in [0.717, 1.165) is 5.56 Å². The van der Waals surface area contributed by atoms with Crippen molar-refractivity contribution >= 4 is 34.8 Å². The maximum absolute atomic E-state index is 12.8. The summed E-state index contributed by atoms with van der Waals surface area (Å²) >= 11 is 6.15. The summed E-state index contributed by atoms with van der Waals surface area (Å²) < 4.78 is 8.77. The van der Waals surface area contributed by atoms with Crippen LogP contribution in [0.25, 0.3) is 0 Å². The molecule has 0 aliphatic heterocycles. The number of anilines is 2. The van der Waals surface area contributed by atoms with Crippen LogP contribution in [0.3, 0.4) is 0 Å². The molecule has 4 rings (SSSR count). The molecule has 4 aromatic rings. The van der Waals surface area contributed by atoms with E-state index < -0.39 is 11.8 Å². The van der Waals surface area contributed by atoms with Crippen molar-refractivity contribution in [2.45, 2.75) is 27.1 Å². The summed E-state index contributed by atoms with van der Waals surface area (Å²) in [6.07, 6.45) is 3.23. The minimum absolute atomic E-state index is 0.0783. The third kappa shape index (κ3) is 5.44. The molecule has 0 spiro atoms. The predicted octanol–water partition coefficient (Wildman–Crippen LogP) is 4.60. The lowest BCUT2D eigenvalue weighted by Crippen LogP contribution is -2.18. The van der Waals surface area contributed by atoms with Gasteiger partial charge < -0.3 is 15.4 Å². The Balaban J connectivity index is 1.44. The van der Waals surface area contributed by atoms with Crippen molar-refractivity contribution in [3.8, 4) is 5.75 Å². The first-order valence-electron chi connectivity index (χ1n) is 10.6. The largest absolute Gasteiger partial charge is 0.470 e. The van der Waals surface area contributed by atoms with Gasteiger partial charge in [0.1, 0.15) is 5.75 Å². The number of carbonyl (C=O) groups is 2. The number of aryl methyl sites for hydroxylation is 2. The van der Waals surface area contributed by atoms with Crippen molar-refractivity contribution in [1.29, 1.82) is 0 Å². The molecule has 0 fully saturated rings. The van der Waals surface area contributed by atoms with Crippen molar-refractivity contribution in [2.75, 3.05) is 10.6 Å². The molecular formula is C24H23ClN6O3. The molecule has 0 saturated heterocycles. The minimum Gasteiger partial charge on any atom is -0.470 e. The summed E-state index contributed by atoms with van der Waals surface area (Å²) in [7, 11) is 0. The Morgan fingerprint density at radius 3 is 2.56 bits per heavy atom. The molecule has 0 atom stereocenters. The molecule has 0 unspecified atom stereocenters. The molecule has 2 amide bonds. The van der Waals surface area contributed by atoms with Gasteiger partial charge >= 0.3 is 0 Å². The Morgan fingerprint density at radius 1 is 1.00 bits per heavy atom. The summed E-state index contributed by atoms with van der Waals surface area (Å²) in [5.74, 6) is -0.372. The fraction of sp³-hybridized carbons (Fsp3) is 0.167. The number of amides is 2. The van der Waals surface area contributed by atoms with Crippen molar-refractivity contribution in [3.05, 3.63) is 89.0 Å². The monoisotopic (exact) mass is 478 g/mol. The SMILES string of the molecule is CCn1cc(NC(=O)c2ccn(COc3cc(C)ccc3Cl)n2)c(C(=O)Nc2ccccc2)n1. The number of nitrogens with one attached hydrogen (secondary N) is 2. The lowest BCUT2D eigenvalue weighted by molar-refractivity contribution is 0.102. The third-order valence-electron chi connectivity index (χ3n) is 4.89. The lowest BCUT2D eigenvalue weighted by atomic mass is 10.2. The number of hydrogen-bond acceptors (Lipinski definition) is 5. The first-order chi connectivity index (χ1) is 16.4. The lowest BCUT2D eigenvalue weighted by Gasteiger charge is -2.08. The van der Waals surface area contributed by atoms with Crippen LogP contribution in [0.15, 0.2) is 67.0 Å². The van der Waals surface area contributed by atoms with E-state index in [1.54, 1.807) is 41.3 Å². The highest BCUT2D eigenvalue weighted by Gasteiger charge is 2.20. The number of ether oxygens (including phenoxy) is 1. The van der Waals surface area contributed by atoms with Gasteiger partial charge in [-0.2, -0.15) is 10.2 Å². The van der Waals surface area contributed by atoms with Gasteiger partial charge in [-0.3, -0.25) is 14.3 Å². The number of benzene rings is 2. The average Bonchev–Trinajstić information content (AvgIpc) is 3.47. The van der Waals surface area contributed by atoms with E-state index in [4.69, 9.17) is 16.3 Å². The van der Waals surface area contributed by atoms with Crippen LogP contribution in [0.4, 0.5) is 11.4 Å². The molecule has 2 N–H and O–H groups in total. The van der Waals surface area contributed by atoms with Crippen molar-refractivity contribution in [2.24, 2.45) is 0 Å². The average molecular weight is 479 g/mol. The standard InChI is InChI=1S/C24H23ClN6O3/c1-3-30-14-20(22(29-30)24(33)26-17-7-5-4-6-8-17)27-23(32)19-11-12-31(28-19)15-34-21-13-16(2)9-10-18(21)25/h4-14H,3,15H2,1-2H3,(H,26,33)(H,27,32). The number of para-hydroxylation sites is 1. The Morgan fingerprint density at radius 2 is 1.79 bits per heavy atom. The number of hydrogen-bond donors (Lipinski definition) is 2. The molecule has 9 nitrogen and oxygen atoms in total. The Hall–Kier alpha value is -4.11. The molecule has 34 heavy (non-hydrogen) atoms. The van der Waals surface area contributed by atoms with Gasteiger partial charge in [0.05, 0.1) is 10.7 Å². The molecule has 2 aromatic heterocycles. The normalized spacial score (nSPS) is 10.7. The maximum Gasteiger partial charge on any atom is 0.278 e. The van der Waals surface area contributed by atoms with Crippen molar-refractivity contribution in [1.82, 2.24) is 19.6 Å². The zero-order valence-corrected chi connectivity index (χ0v) is 19.4. The quantitative estimate of drug-likeness (QED) is 0.385. The van der Waals surface area contributed by atoms with E-state index in [9.17, 15) is 9.59 Å². The predicted molar refractivity (Wildman–Crippen MR) is 129 cm³/mol. The van der Waals surface area contributed by atoms with Gasteiger partial charge in [-0.15, -0.1) is 0 Å². The molecular weight excluding hydrogens is 456 g/mol. The molecule has 2 heterocycles. The first kappa shape index (κ1) is 23.1. The number of aromatic nitrogens is 4. The van der Waals surface area contributed by atoms with Crippen LogP contribution in [0.2, 0.25) is 5.02 Å². The number of halogens is 1. The van der Waals surface area contributed by atoms with E-state index in [1.807, 2.05) is 44.2 Å². The molecule has 0 aliphatic rings. The van der Waals surface area contributed by atoms with Gasteiger partial charge in [-0.05, 0) is 49.7 Å². The molecule has 0 radical (unpaired) electrons. The van der Waals surface area contributed by atoms with Gasteiger partial charge in [-0.25, -0.2) is 4.68 Å². The Kier molecular flexibility index (Phi) is 6.93. The van der Waals surface area contributed by atoms with Gasteiger partial charge in [0, 0.05) is 24.6 Å². The van der Waals surface area contributed by atoms with Gasteiger partial charge in [-0.1, -0.05) is 35.9 Å². The van der Waals surface area contributed by atoms with E-state index in [0.29, 0.717) is 23.0 Å². The molecule has 10 heteroatoms.